The third-order valence-corrected chi connectivity index (χ3v) is 4.71. The van der Waals surface area contributed by atoms with Gasteiger partial charge in [-0.2, -0.15) is 0 Å². The molecule has 0 aromatic heterocycles. The van der Waals surface area contributed by atoms with E-state index < -0.39 is 0 Å². The molecule has 2 aromatic carbocycles. The molecule has 0 bridgehead atoms. The molecule has 0 saturated carbocycles. The summed E-state index contributed by atoms with van der Waals surface area (Å²) in [5, 5.41) is 2.97. The number of carbonyl (C=O) groups excluding carboxylic acids is 2. The van der Waals surface area contributed by atoms with Crippen molar-refractivity contribution >= 4 is 35.0 Å². The molecule has 1 amide bonds. The summed E-state index contributed by atoms with van der Waals surface area (Å²) in [4.78, 5) is 25.4. The molecule has 0 radical (unpaired) electrons. The molecule has 0 spiro atoms. The van der Waals surface area contributed by atoms with E-state index in [2.05, 4.69) is 27.1 Å². The minimum absolute atomic E-state index is 0.0667. The molecule has 2 aromatic rings. The first-order valence-electron chi connectivity index (χ1n) is 8.38. The number of rotatable bonds is 9. The van der Waals surface area contributed by atoms with Crippen LogP contribution in [0, 0.1) is 0 Å². The van der Waals surface area contributed by atoms with Gasteiger partial charge in [0, 0.05) is 25.8 Å². The maximum absolute atomic E-state index is 12.2. The number of anilines is 2. The Hall–Kier alpha value is -2.47. The van der Waals surface area contributed by atoms with Crippen molar-refractivity contribution in [3.05, 3.63) is 60.2 Å². The van der Waals surface area contributed by atoms with Crippen molar-refractivity contribution in [2.75, 3.05) is 35.9 Å². The van der Waals surface area contributed by atoms with Gasteiger partial charge in [-0.3, -0.25) is 9.59 Å². The normalized spacial score (nSPS) is 10.2. The van der Waals surface area contributed by atoms with Crippen LogP contribution in [0.25, 0.3) is 0 Å². The summed E-state index contributed by atoms with van der Waals surface area (Å²) < 4.78 is 4.58. The molecule has 6 heteroatoms. The second kappa shape index (κ2) is 10.5. The Labute approximate surface area is 158 Å². The van der Waals surface area contributed by atoms with Gasteiger partial charge in [0.2, 0.25) is 5.91 Å². The highest BCUT2D eigenvalue weighted by atomic mass is 32.2. The van der Waals surface area contributed by atoms with E-state index in [0.29, 0.717) is 12.2 Å². The SMILES string of the molecule is COC(=O)CSCCC(=O)Nc1ccccc1N(C)Cc1ccccc1. The molecular formula is C20H24N2O3S. The van der Waals surface area contributed by atoms with E-state index in [-0.39, 0.29) is 17.6 Å². The Morgan fingerprint density at radius 1 is 1.08 bits per heavy atom. The Balaban J connectivity index is 1.91. The van der Waals surface area contributed by atoms with Gasteiger partial charge in [0.1, 0.15) is 0 Å². The van der Waals surface area contributed by atoms with Crippen LogP contribution >= 0.6 is 11.8 Å². The number of hydrogen-bond acceptors (Lipinski definition) is 5. The Bertz CT molecular complexity index is 722. The smallest absolute Gasteiger partial charge is 0.315 e. The summed E-state index contributed by atoms with van der Waals surface area (Å²) in [5.74, 6) is 0.495. The summed E-state index contributed by atoms with van der Waals surface area (Å²) in [6.45, 7) is 0.753. The number of nitrogens with one attached hydrogen (secondary N) is 1. The van der Waals surface area contributed by atoms with Crippen molar-refractivity contribution in [3.63, 3.8) is 0 Å². The second-order valence-corrected chi connectivity index (χ2v) is 6.89. The first-order valence-corrected chi connectivity index (χ1v) is 9.54. The molecule has 1 N–H and O–H groups in total. The van der Waals surface area contributed by atoms with Crippen molar-refractivity contribution in [1.82, 2.24) is 0 Å². The summed E-state index contributed by atoms with van der Waals surface area (Å²) in [7, 11) is 3.36. The van der Waals surface area contributed by atoms with Crippen molar-refractivity contribution in [2.24, 2.45) is 0 Å². The predicted molar refractivity (Wildman–Crippen MR) is 108 cm³/mol. The summed E-state index contributed by atoms with van der Waals surface area (Å²) in [6, 6.07) is 17.9. The van der Waals surface area contributed by atoms with E-state index in [1.165, 1.54) is 24.4 Å². The van der Waals surface area contributed by atoms with Crippen LogP contribution in [0.15, 0.2) is 54.6 Å². The number of benzene rings is 2. The average Bonchev–Trinajstić information content (AvgIpc) is 2.66. The van der Waals surface area contributed by atoms with Crippen molar-refractivity contribution < 1.29 is 14.3 Å². The second-order valence-electron chi connectivity index (χ2n) is 5.79. The quantitative estimate of drug-likeness (QED) is 0.539. The van der Waals surface area contributed by atoms with Crippen LogP contribution < -0.4 is 10.2 Å². The first kappa shape index (κ1) is 19.8. The van der Waals surface area contributed by atoms with Crippen LogP contribution in [-0.4, -0.2) is 37.5 Å². The van der Waals surface area contributed by atoms with Crippen LogP contribution in [0.1, 0.15) is 12.0 Å². The fraction of sp³-hybridized carbons (Fsp3) is 0.300. The summed E-state index contributed by atoms with van der Waals surface area (Å²) in [5.41, 5.74) is 2.95. The zero-order chi connectivity index (χ0) is 18.8. The van der Waals surface area contributed by atoms with Crippen LogP contribution in [0.3, 0.4) is 0 Å². The lowest BCUT2D eigenvalue weighted by Crippen LogP contribution is -2.20. The zero-order valence-electron chi connectivity index (χ0n) is 15.1. The molecule has 0 atom stereocenters. The molecule has 0 heterocycles. The number of carbonyl (C=O) groups is 2. The fourth-order valence-electron chi connectivity index (χ4n) is 2.45. The number of para-hydroxylation sites is 2. The maximum Gasteiger partial charge on any atom is 0.315 e. The van der Waals surface area contributed by atoms with Gasteiger partial charge >= 0.3 is 5.97 Å². The van der Waals surface area contributed by atoms with Gasteiger partial charge in [0.05, 0.1) is 24.2 Å². The molecule has 0 unspecified atom stereocenters. The van der Waals surface area contributed by atoms with Gasteiger partial charge in [0.15, 0.2) is 0 Å². The van der Waals surface area contributed by atoms with Crippen LogP contribution in [0.5, 0.6) is 0 Å². The van der Waals surface area contributed by atoms with E-state index in [4.69, 9.17) is 0 Å². The molecule has 0 fully saturated rings. The topological polar surface area (TPSA) is 58.6 Å². The van der Waals surface area contributed by atoms with Gasteiger partial charge in [0.25, 0.3) is 0 Å². The van der Waals surface area contributed by atoms with Crippen molar-refractivity contribution in [1.29, 1.82) is 0 Å². The molecule has 0 aliphatic rings. The lowest BCUT2D eigenvalue weighted by Gasteiger charge is -2.22. The average molecular weight is 372 g/mol. The lowest BCUT2D eigenvalue weighted by molar-refractivity contribution is -0.137. The van der Waals surface area contributed by atoms with E-state index in [1.54, 1.807) is 0 Å². The van der Waals surface area contributed by atoms with Gasteiger partial charge in [-0.15, -0.1) is 11.8 Å². The first-order chi connectivity index (χ1) is 12.6. The Morgan fingerprint density at radius 2 is 1.77 bits per heavy atom. The largest absolute Gasteiger partial charge is 0.468 e. The predicted octanol–water partition coefficient (Wildman–Crippen LogP) is 3.56. The molecule has 26 heavy (non-hydrogen) atoms. The number of methoxy groups -OCH3 is 1. The Kier molecular flexibility index (Phi) is 8.02. The number of amides is 1. The Morgan fingerprint density at radius 3 is 2.50 bits per heavy atom. The number of thioether (sulfide) groups is 1. The van der Waals surface area contributed by atoms with Crippen LogP contribution in [-0.2, 0) is 20.9 Å². The van der Waals surface area contributed by atoms with Crippen molar-refractivity contribution in [2.45, 2.75) is 13.0 Å². The highest BCUT2D eigenvalue weighted by Gasteiger charge is 2.11. The maximum atomic E-state index is 12.2. The monoisotopic (exact) mass is 372 g/mol. The van der Waals surface area contributed by atoms with E-state index in [0.717, 1.165) is 17.9 Å². The summed E-state index contributed by atoms with van der Waals surface area (Å²) in [6.07, 6.45) is 0.346. The number of ether oxygens (including phenoxy) is 1. The highest BCUT2D eigenvalue weighted by molar-refractivity contribution is 7.99. The minimum Gasteiger partial charge on any atom is -0.468 e. The van der Waals surface area contributed by atoms with Crippen LogP contribution in [0.4, 0.5) is 11.4 Å². The van der Waals surface area contributed by atoms with Gasteiger partial charge in [-0.1, -0.05) is 42.5 Å². The van der Waals surface area contributed by atoms with Gasteiger partial charge < -0.3 is 15.0 Å². The third kappa shape index (κ3) is 6.44. The summed E-state index contributed by atoms with van der Waals surface area (Å²) >= 11 is 1.39. The molecule has 0 aliphatic heterocycles. The van der Waals surface area contributed by atoms with Crippen LogP contribution in [0.2, 0.25) is 0 Å². The lowest BCUT2D eigenvalue weighted by atomic mass is 10.2. The molecule has 138 valence electrons. The molecule has 0 saturated heterocycles. The van der Waals surface area contributed by atoms with E-state index >= 15 is 0 Å². The molecular weight excluding hydrogens is 348 g/mol. The van der Waals surface area contributed by atoms with Gasteiger partial charge in [-0.05, 0) is 17.7 Å². The van der Waals surface area contributed by atoms with Gasteiger partial charge in [-0.25, -0.2) is 0 Å². The van der Waals surface area contributed by atoms with E-state index in [9.17, 15) is 9.59 Å². The number of hydrogen-bond donors (Lipinski definition) is 1. The number of esters is 1. The fourth-order valence-corrected chi connectivity index (χ4v) is 3.21. The minimum atomic E-state index is -0.275. The van der Waals surface area contributed by atoms with Crippen molar-refractivity contribution in [3.8, 4) is 0 Å². The number of nitrogens with zero attached hydrogens (tertiary/aromatic N) is 1. The zero-order valence-corrected chi connectivity index (χ0v) is 15.9. The molecule has 0 aliphatic carbocycles. The standard InChI is InChI=1S/C20H24N2O3S/c1-22(14-16-8-4-3-5-9-16)18-11-7-6-10-17(18)21-19(23)12-13-26-15-20(24)25-2/h3-11H,12-15H2,1-2H3,(H,21,23). The molecule has 5 nitrogen and oxygen atoms in total. The third-order valence-electron chi connectivity index (χ3n) is 3.77. The molecule has 2 rings (SSSR count). The highest BCUT2D eigenvalue weighted by Crippen LogP contribution is 2.26. The van der Waals surface area contributed by atoms with E-state index in [1.807, 2.05) is 49.5 Å².